The molecule has 0 radical (unpaired) electrons. The molecule has 3 amide bonds. The first kappa shape index (κ1) is 35.3. The van der Waals surface area contributed by atoms with E-state index < -0.39 is 65.4 Å². The van der Waals surface area contributed by atoms with Gasteiger partial charge in [-0.1, -0.05) is 80.1 Å². The van der Waals surface area contributed by atoms with Crippen LogP contribution in [0.3, 0.4) is 0 Å². The van der Waals surface area contributed by atoms with Crippen molar-refractivity contribution in [2.24, 2.45) is 17.8 Å². The zero-order valence-corrected chi connectivity index (χ0v) is 28.2. The normalized spacial score (nSPS) is 25.4. The Hall–Kier alpha value is -3.99. The van der Waals surface area contributed by atoms with E-state index in [0.29, 0.717) is 30.0 Å². The lowest BCUT2D eigenvalue weighted by Crippen LogP contribution is -2.59. The van der Waals surface area contributed by atoms with Crippen molar-refractivity contribution in [3.05, 3.63) is 90.5 Å². The molecule has 1 spiro atoms. The molecule has 2 bridgehead atoms. The lowest BCUT2D eigenvalue weighted by atomic mass is 9.70. The number of aliphatic hydroxyl groups excluding tert-OH is 1. The fourth-order valence-corrected chi connectivity index (χ4v) is 7.78. The SMILES string of the molecule is C=CCCC(=O)OC[C@H](NC(=O)[C@@H]1[C@@H]2CC[C@]3(O2)[C@H](C(=O)N(CC=C)c2ccccc2Cl)N([C@@H](CO)C(C)C)C(=O)[C@@H]13)c1ccccc1. The van der Waals surface area contributed by atoms with Crippen molar-refractivity contribution in [3.8, 4) is 0 Å². The maximum Gasteiger partial charge on any atom is 0.306 e. The van der Waals surface area contributed by atoms with Crippen molar-refractivity contribution in [3.63, 3.8) is 0 Å². The first-order valence-electron chi connectivity index (χ1n) is 16.5. The van der Waals surface area contributed by atoms with Gasteiger partial charge in [0, 0.05) is 13.0 Å². The van der Waals surface area contributed by atoms with Crippen LogP contribution in [0, 0.1) is 17.8 Å². The van der Waals surface area contributed by atoms with Crippen molar-refractivity contribution in [2.45, 2.75) is 69.4 Å². The summed E-state index contributed by atoms with van der Waals surface area (Å²) in [5.41, 5.74) is -0.117. The van der Waals surface area contributed by atoms with E-state index in [2.05, 4.69) is 18.5 Å². The number of anilines is 1. The molecule has 7 atom stereocenters. The van der Waals surface area contributed by atoms with Crippen LogP contribution >= 0.6 is 11.6 Å². The maximum absolute atomic E-state index is 14.8. The van der Waals surface area contributed by atoms with Crippen LogP contribution < -0.4 is 10.2 Å². The number of carbonyl (C=O) groups is 4. The van der Waals surface area contributed by atoms with Crippen molar-refractivity contribution in [1.82, 2.24) is 10.2 Å². The van der Waals surface area contributed by atoms with Gasteiger partial charge >= 0.3 is 5.97 Å². The van der Waals surface area contributed by atoms with Crippen molar-refractivity contribution >= 4 is 41.0 Å². The van der Waals surface area contributed by atoms with E-state index in [1.54, 1.807) is 36.4 Å². The van der Waals surface area contributed by atoms with Gasteiger partial charge in [0.05, 0.1) is 47.3 Å². The Bertz CT molecular complexity index is 1530. The summed E-state index contributed by atoms with van der Waals surface area (Å²) in [6.07, 6.45) is 4.09. The van der Waals surface area contributed by atoms with Gasteiger partial charge in [-0.2, -0.15) is 0 Å². The highest BCUT2D eigenvalue weighted by molar-refractivity contribution is 6.34. The van der Waals surface area contributed by atoms with Crippen molar-refractivity contribution in [2.75, 3.05) is 24.7 Å². The average molecular weight is 678 g/mol. The third-order valence-electron chi connectivity index (χ3n) is 9.79. The largest absolute Gasteiger partial charge is 0.463 e. The van der Waals surface area contributed by atoms with Gasteiger partial charge in [-0.3, -0.25) is 19.2 Å². The Morgan fingerprint density at radius 3 is 2.50 bits per heavy atom. The molecule has 3 fully saturated rings. The van der Waals surface area contributed by atoms with E-state index in [0.717, 1.165) is 5.56 Å². The van der Waals surface area contributed by atoms with E-state index in [9.17, 15) is 24.3 Å². The molecule has 0 saturated carbocycles. The average Bonchev–Trinajstić information content (AvgIpc) is 3.73. The first-order valence-corrected chi connectivity index (χ1v) is 16.9. The molecule has 0 unspecified atom stereocenters. The molecule has 256 valence electrons. The number of nitrogens with zero attached hydrogens (tertiary/aromatic N) is 2. The number of halogens is 1. The minimum atomic E-state index is -1.30. The number of benzene rings is 2. The summed E-state index contributed by atoms with van der Waals surface area (Å²) in [6.45, 7) is 10.9. The number of esters is 1. The number of amides is 3. The van der Waals surface area contributed by atoms with Gasteiger partial charge < -0.3 is 29.7 Å². The molecule has 2 aromatic rings. The maximum atomic E-state index is 14.8. The molecule has 0 aliphatic carbocycles. The number of likely N-dealkylation sites (tertiary alicyclic amines) is 1. The Labute approximate surface area is 286 Å². The monoisotopic (exact) mass is 677 g/mol. The number of ether oxygens (including phenoxy) is 2. The summed E-state index contributed by atoms with van der Waals surface area (Å²) in [7, 11) is 0. The minimum Gasteiger partial charge on any atom is -0.463 e. The summed E-state index contributed by atoms with van der Waals surface area (Å²) in [5.74, 6) is -3.76. The van der Waals surface area contributed by atoms with E-state index in [1.165, 1.54) is 9.80 Å². The van der Waals surface area contributed by atoms with Crippen molar-refractivity contribution in [1.29, 1.82) is 0 Å². The fourth-order valence-electron chi connectivity index (χ4n) is 7.55. The second-order valence-electron chi connectivity index (χ2n) is 13.0. The van der Waals surface area contributed by atoms with E-state index in [1.807, 2.05) is 44.2 Å². The van der Waals surface area contributed by atoms with Crippen LogP contribution in [0.4, 0.5) is 5.69 Å². The molecule has 10 nitrogen and oxygen atoms in total. The second-order valence-corrected chi connectivity index (χ2v) is 13.4. The Morgan fingerprint density at radius 1 is 1.15 bits per heavy atom. The summed E-state index contributed by atoms with van der Waals surface area (Å²) >= 11 is 6.56. The number of carbonyl (C=O) groups excluding carboxylic acids is 4. The third kappa shape index (κ3) is 6.53. The summed E-state index contributed by atoms with van der Waals surface area (Å²) in [4.78, 5) is 59.0. The molecular formula is C37H44ClN3O7. The molecule has 3 saturated heterocycles. The van der Waals surface area contributed by atoms with E-state index in [4.69, 9.17) is 21.1 Å². The predicted octanol–water partition coefficient (Wildman–Crippen LogP) is 4.62. The summed E-state index contributed by atoms with van der Waals surface area (Å²) < 4.78 is 12.2. The highest BCUT2D eigenvalue weighted by Crippen LogP contribution is 2.59. The van der Waals surface area contributed by atoms with Crippen LogP contribution in [0.5, 0.6) is 0 Å². The zero-order chi connectivity index (χ0) is 34.6. The lowest BCUT2D eigenvalue weighted by molar-refractivity contribution is -0.147. The predicted molar refractivity (Wildman–Crippen MR) is 182 cm³/mol. The molecule has 3 aliphatic heterocycles. The molecule has 2 aromatic carbocycles. The Kier molecular flexibility index (Phi) is 11.1. The molecule has 5 rings (SSSR count). The van der Waals surface area contributed by atoms with Gasteiger partial charge in [0.1, 0.15) is 18.2 Å². The van der Waals surface area contributed by atoms with Gasteiger partial charge in [0.2, 0.25) is 11.8 Å². The van der Waals surface area contributed by atoms with Crippen LogP contribution in [0.1, 0.15) is 51.1 Å². The summed E-state index contributed by atoms with van der Waals surface area (Å²) in [5, 5.41) is 14.0. The quantitative estimate of drug-likeness (QED) is 0.208. The molecule has 3 aliphatic rings. The smallest absolute Gasteiger partial charge is 0.306 e. The Morgan fingerprint density at radius 2 is 1.85 bits per heavy atom. The standard InChI is InChI=1S/C37H44ClN3O7/c1-5-7-17-30(43)47-22-26(24-13-9-8-10-14-24)39-34(44)31-29-18-19-37(48-29)32(31)35(45)41(28(21-42)23(3)4)33(37)36(46)40(20-6-2)27-16-12-11-15-25(27)38/h5-6,8-16,23,26,28-29,31-33,42H,1-2,7,17-22H2,3-4H3,(H,39,44)/t26-,28-,29-,31+,32+,33-,37+/m0/s1. The molecule has 48 heavy (non-hydrogen) atoms. The van der Waals surface area contributed by atoms with Crippen LogP contribution in [0.2, 0.25) is 5.02 Å². The summed E-state index contributed by atoms with van der Waals surface area (Å²) in [6, 6.07) is 13.6. The Balaban J connectivity index is 1.50. The number of aliphatic hydroxyl groups is 1. The fraction of sp³-hybridized carbons (Fsp3) is 0.459. The number of hydrogen-bond acceptors (Lipinski definition) is 7. The van der Waals surface area contributed by atoms with Gasteiger partial charge in [0.15, 0.2) is 0 Å². The third-order valence-corrected chi connectivity index (χ3v) is 10.1. The number of allylic oxidation sites excluding steroid dienone is 1. The van der Waals surface area contributed by atoms with Crippen LogP contribution in [0.25, 0.3) is 0 Å². The number of fused-ring (bicyclic) bond motifs is 1. The second kappa shape index (κ2) is 15.1. The van der Waals surface area contributed by atoms with Gasteiger partial charge in [0.25, 0.3) is 5.91 Å². The first-order chi connectivity index (χ1) is 23.1. The molecule has 2 N–H and O–H groups in total. The van der Waals surface area contributed by atoms with Crippen LogP contribution in [0.15, 0.2) is 79.9 Å². The number of para-hydroxylation sites is 1. The highest BCUT2D eigenvalue weighted by Gasteiger charge is 2.75. The van der Waals surface area contributed by atoms with Crippen molar-refractivity contribution < 1.29 is 33.8 Å². The molecule has 0 aromatic heterocycles. The zero-order valence-electron chi connectivity index (χ0n) is 27.4. The number of nitrogens with one attached hydrogen (secondary N) is 1. The van der Waals surface area contributed by atoms with Gasteiger partial charge in [-0.25, -0.2) is 0 Å². The van der Waals surface area contributed by atoms with Crippen LogP contribution in [-0.4, -0.2) is 77.2 Å². The molecule has 3 heterocycles. The topological polar surface area (TPSA) is 125 Å². The molecular weight excluding hydrogens is 634 g/mol. The number of rotatable bonds is 15. The van der Waals surface area contributed by atoms with Crippen LogP contribution in [-0.2, 0) is 28.7 Å². The highest BCUT2D eigenvalue weighted by atomic mass is 35.5. The van der Waals surface area contributed by atoms with E-state index in [-0.39, 0.29) is 32.1 Å². The number of hydrogen-bond donors (Lipinski definition) is 2. The van der Waals surface area contributed by atoms with Gasteiger partial charge in [-0.05, 0) is 42.9 Å². The molecule has 11 heteroatoms. The van der Waals surface area contributed by atoms with E-state index >= 15 is 0 Å². The van der Waals surface area contributed by atoms with Gasteiger partial charge in [-0.15, -0.1) is 13.2 Å². The lowest BCUT2D eigenvalue weighted by Gasteiger charge is -2.40. The minimum absolute atomic E-state index is 0.102.